The van der Waals surface area contributed by atoms with Gasteiger partial charge in [-0.3, -0.25) is 33.5 Å². The van der Waals surface area contributed by atoms with Crippen LogP contribution in [0.25, 0.3) is 0 Å². The number of hydrogen-bond acceptors (Lipinski definition) is 14. The lowest BCUT2D eigenvalue weighted by molar-refractivity contribution is -0.218. The molecule has 36 heavy (non-hydrogen) atoms. The molecule has 0 saturated carbocycles. The van der Waals surface area contributed by atoms with Gasteiger partial charge < -0.3 is 15.9 Å². The molecule has 20 heteroatoms. The standard InChI is InChI=1S/C16H20N8O9S3/c1-16(2)9(13(28)24(16)33-36(29,30)31)19-10(25)8(7-6-35-14(17)18-7)22-32-4-5-34-15-20-11(26)12(27)21-23(15)3/h6,9H,4-5H2,1-3H3,(H2,17,18)(H,19,25)(H,21,27)(H,29,30,31)/b22-8-/t9-/m1/s1. The highest BCUT2D eigenvalue weighted by atomic mass is 32.3. The molecule has 0 radical (unpaired) electrons. The molecule has 0 unspecified atom stereocenters. The number of β-lactam (4-membered cyclic amide) rings is 1. The molecule has 1 fully saturated rings. The number of anilines is 1. The molecular weight excluding hydrogens is 544 g/mol. The number of aromatic nitrogens is 4. The van der Waals surface area contributed by atoms with E-state index in [2.05, 4.69) is 29.8 Å². The highest BCUT2D eigenvalue weighted by Crippen LogP contribution is 2.32. The topological polar surface area (TPSA) is 241 Å². The Morgan fingerprint density at radius 2 is 2.08 bits per heavy atom. The predicted molar refractivity (Wildman–Crippen MR) is 125 cm³/mol. The van der Waals surface area contributed by atoms with Gasteiger partial charge in [0.2, 0.25) is 0 Å². The van der Waals surface area contributed by atoms with Crippen LogP contribution in [-0.2, 0) is 36.2 Å². The van der Waals surface area contributed by atoms with E-state index in [0.717, 1.165) is 23.1 Å². The lowest BCUT2D eigenvalue weighted by Crippen LogP contribution is -2.76. The monoisotopic (exact) mass is 564 g/mol. The summed E-state index contributed by atoms with van der Waals surface area (Å²) >= 11 is 2.11. The number of aryl methyl sites for hydroxylation is 1. The summed E-state index contributed by atoms with van der Waals surface area (Å²) in [5.74, 6) is -1.59. The number of thiazole rings is 1. The zero-order valence-electron chi connectivity index (χ0n) is 18.8. The summed E-state index contributed by atoms with van der Waals surface area (Å²) in [5.41, 5.74) is 2.23. The number of H-pyrrole nitrogens is 1. The van der Waals surface area contributed by atoms with Gasteiger partial charge in [0.1, 0.15) is 18.3 Å². The number of carbonyl (C=O) groups excluding carboxylic acids is 2. The van der Waals surface area contributed by atoms with Crippen molar-refractivity contribution in [3.63, 3.8) is 0 Å². The summed E-state index contributed by atoms with van der Waals surface area (Å²) in [6.07, 6.45) is 0. The molecule has 0 aromatic carbocycles. The van der Waals surface area contributed by atoms with Crippen LogP contribution in [0.15, 0.2) is 25.3 Å². The van der Waals surface area contributed by atoms with E-state index in [1.165, 1.54) is 31.0 Å². The van der Waals surface area contributed by atoms with E-state index in [-0.39, 0.29) is 34.1 Å². The van der Waals surface area contributed by atoms with Crippen molar-refractivity contribution in [2.45, 2.75) is 30.6 Å². The van der Waals surface area contributed by atoms with E-state index in [1.807, 2.05) is 0 Å². The van der Waals surface area contributed by atoms with Crippen molar-refractivity contribution in [2.75, 3.05) is 18.1 Å². The van der Waals surface area contributed by atoms with E-state index < -0.39 is 44.9 Å². The summed E-state index contributed by atoms with van der Waals surface area (Å²) in [5, 5.41) is 10.7. The maximum Gasteiger partial charge on any atom is 0.418 e. The zero-order chi connectivity index (χ0) is 26.8. The van der Waals surface area contributed by atoms with Gasteiger partial charge in [-0.2, -0.15) is 18.5 Å². The van der Waals surface area contributed by atoms with Crippen molar-refractivity contribution < 1.29 is 31.7 Å². The minimum atomic E-state index is -4.96. The van der Waals surface area contributed by atoms with Crippen LogP contribution in [0.5, 0.6) is 0 Å². The smallest absolute Gasteiger partial charge is 0.394 e. The van der Waals surface area contributed by atoms with Gasteiger partial charge in [0.05, 0.1) is 5.54 Å². The van der Waals surface area contributed by atoms with Crippen LogP contribution in [0.4, 0.5) is 5.13 Å². The highest BCUT2D eigenvalue weighted by molar-refractivity contribution is 7.99. The van der Waals surface area contributed by atoms with Gasteiger partial charge in [0.15, 0.2) is 16.0 Å². The molecule has 2 aromatic rings. The first-order valence-corrected chi connectivity index (χ1v) is 13.0. The van der Waals surface area contributed by atoms with Gasteiger partial charge in [-0.25, -0.2) is 4.98 Å². The molecule has 1 atom stereocenters. The van der Waals surface area contributed by atoms with Crippen LogP contribution in [0.3, 0.4) is 0 Å². The van der Waals surface area contributed by atoms with Crippen molar-refractivity contribution >= 4 is 56.2 Å². The average Bonchev–Trinajstić information content (AvgIpc) is 3.20. The van der Waals surface area contributed by atoms with Crippen molar-refractivity contribution in [3.05, 3.63) is 31.8 Å². The Hall–Kier alpha value is -3.33. The first-order chi connectivity index (χ1) is 16.7. The van der Waals surface area contributed by atoms with E-state index in [9.17, 15) is 27.6 Å². The fraction of sp³-hybridized carbons (Fsp3) is 0.438. The van der Waals surface area contributed by atoms with Gasteiger partial charge in [-0.05, 0) is 13.8 Å². The third-order valence-electron chi connectivity index (χ3n) is 4.61. The van der Waals surface area contributed by atoms with Crippen molar-refractivity contribution in [1.29, 1.82) is 0 Å². The number of rotatable bonds is 10. The minimum Gasteiger partial charge on any atom is -0.394 e. The number of aromatic amines is 1. The number of nitrogens with zero attached hydrogens (tertiary/aromatic N) is 5. The first-order valence-electron chi connectivity index (χ1n) is 9.74. The van der Waals surface area contributed by atoms with Gasteiger partial charge in [-0.15, -0.1) is 15.6 Å². The third kappa shape index (κ3) is 6.07. The maximum absolute atomic E-state index is 12.9. The molecule has 2 amide bonds. The Morgan fingerprint density at radius 1 is 1.39 bits per heavy atom. The number of nitrogens with one attached hydrogen (secondary N) is 2. The molecule has 2 aromatic heterocycles. The number of hydroxylamine groups is 2. The number of hydrogen-bond donors (Lipinski definition) is 4. The number of oxime groups is 1. The predicted octanol–water partition coefficient (Wildman–Crippen LogP) is -2.14. The molecule has 1 saturated heterocycles. The summed E-state index contributed by atoms with van der Waals surface area (Å²) in [6.45, 7) is 2.74. The van der Waals surface area contributed by atoms with Crippen LogP contribution in [-0.4, -0.2) is 79.2 Å². The van der Waals surface area contributed by atoms with Gasteiger partial charge in [0, 0.05) is 18.2 Å². The van der Waals surface area contributed by atoms with Crippen molar-refractivity contribution in [1.82, 2.24) is 30.1 Å². The van der Waals surface area contributed by atoms with E-state index in [1.54, 1.807) is 0 Å². The molecule has 17 nitrogen and oxygen atoms in total. The average molecular weight is 565 g/mol. The van der Waals surface area contributed by atoms with Crippen LogP contribution >= 0.6 is 23.1 Å². The summed E-state index contributed by atoms with van der Waals surface area (Å²) < 4.78 is 36.3. The van der Waals surface area contributed by atoms with Gasteiger partial charge in [-0.1, -0.05) is 16.9 Å². The molecule has 1 aliphatic heterocycles. The molecule has 0 aliphatic carbocycles. The Kier molecular flexibility index (Phi) is 7.83. The van der Waals surface area contributed by atoms with E-state index in [0.29, 0.717) is 5.06 Å². The Labute approximate surface area is 210 Å². The molecule has 3 rings (SSSR count). The minimum absolute atomic E-state index is 0.0557. The fourth-order valence-corrected chi connectivity index (χ4v) is 4.62. The largest absolute Gasteiger partial charge is 0.418 e. The number of carbonyl (C=O) groups is 2. The molecule has 196 valence electrons. The van der Waals surface area contributed by atoms with Crippen LogP contribution in [0, 0.1) is 0 Å². The number of thioether (sulfide) groups is 1. The number of nitrogen functional groups attached to an aromatic ring is 1. The van der Waals surface area contributed by atoms with Crippen molar-refractivity contribution in [2.24, 2.45) is 12.2 Å². The summed E-state index contributed by atoms with van der Waals surface area (Å²) in [6, 6.07) is -1.23. The Morgan fingerprint density at radius 3 is 2.67 bits per heavy atom. The second-order valence-electron chi connectivity index (χ2n) is 7.59. The first kappa shape index (κ1) is 27.3. The Bertz CT molecular complexity index is 1430. The second-order valence-corrected chi connectivity index (χ2v) is 10.5. The summed E-state index contributed by atoms with van der Waals surface area (Å²) in [4.78, 5) is 60.7. The van der Waals surface area contributed by atoms with Crippen molar-refractivity contribution in [3.8, 4) is 0 Å². The number of nitrogens with two attached hydrogens (primary N) is 1. The maximum atomic E-state index is 12.9. The molecule has 0 spiro atoms. The third-order valence-corrected chi connectivity index (χ3v) is 6.62. The lowest BCUT2D eigenvalue weighted by atomic mass is 9.84. The van der Waals surface area contributed by atoms with E-state index in [4.69, 9.17) is 15.1 Å². The van der Waals surface area contributed by atoms with Crippen LogP contribution in [0.2, 0.25) is 0 Å². The van der Waals surface area contributed by atoms with Crippen LogP contribution < -0.4 is 22.2 Å². The van der Waals surface area contributed by atoms with E-state index >= 15 is 0 Å². The Balaban J connectivity index is 1.68. The molecule has 0 bridgehead atoms. The van der Waals surface area contributed by atoms with Gasteiger partial charge >= 0.3 is 21.5 Å². The second kappa shape index (κ2) is 10.3. The molecule has 5 N–H and O–H groups in total. The SMILES string of the molecule is Cn1[nH]c(=O)c(=O)nc1SCCO/N=C(\C(=O)N[C@@H]1C(=O)N(OS(=O)(=O)O)C1(C)C)c1csc(N)n1. The molecular formula is C16H20N8O9S3. The molecule has 3 heterocycles. The van der Waals surface area contributed by atoms with Crippen LogP contribution in [0.1, 0.15) is 19.5 Å². The fourth-order valence-electron chi connectivity index (χ4n) is 2.89. The molecule has 1 aliphatic rings. The normalized spacial score (nSPS) is 17.6. The van der Waals surface area contributed by atoms with Gasteiger partial charge in [0.25, 0.3) is 11.8 Å². The zero-order valence-corrected chi connectivity index (χ0v) is 21.3. The lowest BCUT2D eigenvalue weighted by Gasteiger charge is -2.50. The quantitative estimate of drug-likeness (QED) is 0.0458. The number of amides is 2. The summed E-state index contributed by atoms with van der Waals surface area (Å²) in [7, 11) is -3.46. The highest BCUT2D eigenvalue weighted by Gasteiger charge is 2.58.